The van der Waals surface area contributed by atoms with Gasteiger partial charge in [0.05, 0.1) is 12.3 Å². The van der Waals surface area contributed by atoms with Gasteiger partial charge in [-0.3, -0.25) is 0 Å². The Bertz CT molecular complexity index is 754. The molecule has 0 atom stereocenters. The highest BCUT2D eigenvalue weighted by Gasteiger charge is 2.20. The Morgan fingerprint density at radius 1 is 0.900 bits per heavy atom. The second kappa shape index (κ2) is 12.0. The number of hydrogen-bond acceptors (Lipinski definition) is 3. The number of benzene rings is 1. The van der Waals surface area contributed by atoms with E-state index in [0.717, 1.165) is 30.2 Å². The van der Waals surface area contributed by atoms with Crippen LogP contribution in [-0.2, 0) is 6.42 Å². The average molecular weight is 413 g/mol. The van der Waals surface area contributed by atoms with Crippen molar-refractivity contribution < 1.29 is 9.13 Å². The second-order valence-corrected chi connectivity index (χ2v) is 8.84. The molecule has 1 saturated carbocycles. The van der Waals surface area contributed by atoms with Crippen molar-refractivity contribution >= 4 is 0 Å². The lowest BCUT2D eigenvalue weighted by Gasteiger charge is -2.28. The van der Waals surface area contributed by atoms with Crippen molar-refractivity contribution in [2.45, 2.75) is 84.5 Å². The van der Waals surface area contributed by atoms with E-state index in [1.165, 1.54) is 57.8 Å². The van der Waals surface area contributed by atoms with E-state index in [2.05, 4.69) is 17.1 Å². The summed E-state index contributed by atoms with van der Waals surface area (Å²) in [4.78, 5) is 0. The Morgan fingerprint density at radius 3 is 2.30 bits per heavy atom. The van der Waals surface area contributed by atoms with Crippen molar-refractivity contribution in [3.63, 3.8) is 0 Å². The topological polar surface area (TPSA) is 35.0 Å². The summed E-state index contributed by atoms with van der Waals surface area (Å²) in [6.07, 6.45) is 14.0. The zero-order valence-electron chi connectivity index (χ0n) is 18.7. The van der Waals surface area contributed by atoms with Crippen LogP contribution in [-0.4, -0.2) is 16.8 Å². The van der Waals surface area contributed by atoms with Gasteiger partial charge in [-0.15, -0.1) is 10.2 Å². The number of rotatable bonds is 11. The summed E-state index contributed by atoms with van der Waals surface area (Å²) in [5, 5.41) is 8.17. The molecule has 0 spiro atoms. The molecule has 1 aromatic heterocycles. The molecule has 1 fully saturated rings. The average Bonchev–Trinajstić information content (AvgIpc) is 2.78. The van der Waals surface area contributed by atoms with Gasteiger partial charge in [0.1, 0.15) is 5.82 Å². The van der Waals surface area contributed by atoms with Crippen LogP contribution in [0, 0.1) is 17.7 Å². The van der Waals surface area contributed by atoms with Gasteiger partial charge in [0.2, 0.25) is 5.88 Å². The first-order valence-electron chi connectivity index (χ1n) is 11.9. The normalized spacial score (nSPS) is 19.0. The number of ether oxygens (including phenoxy) is 1. The van der Waals surface area contributed by atoms with Crippen LogP contribution in [0.3, 0.4) is 0 Å². The Balaban J connectivity index is 1.48. The zero-order valence-corrected chi connectivity index (χ0v) is 18.7. The number of halogens is 1. The van der Waals surface area contributed by atoms with Gasteiger partial charge in [-0.05, 0) is 54.9 Å². The number of aromatic nitrogens is 2. The van der Waals surface area contributed by atoms with Gasteiger partial charge in [-0.1, -0.05) is 71.3 Å². The van der Waals surface area contributed by atoms with Crippen molar-refractivity contribution in [1.82, 2.24) is 10.2 Å². The van der Waals surface area contributed by atoms with Crippen LogP contribution in [0.1, 0.15) is 83.6 Å². The van der Waals surface area contributed by atoms with Gasteiger partial charge in [0.15, 0.2) is 0 Å². The predicted molar refractivity (Wildman–Crippen MR) is 121 cm³/mol. The maximum absolute atomic E-state index is 14.7. The molecule has 3 rings (SSSR count). The summed E-state index contributed by atoms with van der Waals surface area (Å²) in [7, 11) is 0. The summed E-state index contributed by atoms with van der Waals surface area (Å²) < 4.78 is 20.2. The minimum absolute atomic E-state index is 0.219. The summed E-state index contributed by atoms with van der Waals surface area (Å²) in [6, 6.07) is 9.08. The highest BCUT2D eigenvalue weighted by Crippen LogP contribution is 2.34. The van der Waals surface area contributed by atoms with Crippen LogP contribution in [0.5, 0.6) is 5.88 Å². The molecule has 4 heteroatoms. The molecule has 3 nitrogen and oxygen atoms in total. The molecule has 0 amide bonds. The Morgan fingerprint density at radius 2 is 1.67 bits per heavy atom. The highest BCUT2D eigenvalue weighted by atomic mass is 19.1. The lowest BCUT2D eigenvalue weighted by atomic mass is 9.78. The molecule has 1 aliphatic carbocycles. The molecule has 0 aliphatic heterocycles. The van der Waals surface area contributed by atoms with Gasteiger partial charge in [0, 0.05) is 11.6 Å². The van der Waals surface area contributed by atoms with Gasteiger partial charge in [-0.25, -0.2) is 4.39 Å². The molecule has 0 N–H and O–H groups in total. The minimum atomic E-state index is -0.219. The van der Waals surface area contributed by atoms with Gasteiger partial charge in [-0.2, -0.15) is 0 Å². The molecule has 0 unspecified atom stereocenters. The largest absolute Gasteiger partial charge is 0.477 e. The molecule has 2 aromatic rings. The van der Waals surface area contributed by atoms with E-state index in [4.69, 9.17) is 4.74 Å². The first-order chi connectivity index (χ1) is 14.7. The Labute approximate surface area is 181 Å². The smallest absolute Gasteiger partial charge is 0.233 e. The van der Waals surface area contributed by atoms with E-state index >= 15 is 0 Å². The SMILES string of the molecule is CCCCC[C@H]1CC[C@H](CCc2ccc(-c3ccc(OCCC)nn3)c(F)c2)CC1. The number of hydrogen-bond donors (Lipinski definition) is 0. The van der Waals surface area contributed by atoms with Crippen molar-refractivity contribution in [1.29, 1.82) is 0 Å². The van der Waals surface area contributed by atoms with Crippen molar-refractivity contribution in [3.8, 4) is 17.1 Å². The van der Waals surface area contributed by atoms with Crippen LogP contribution in [0.15, 0.2) is 30.3 Å². The van der Waals surface area contributed by atoms with E-state index in [9.17, 15) is 4.39 Å². The van der Waals surface area contributed by atoms with E-state index in [-0.39, 0.29) is 5.82 Å². The van der Waals surface area contributed by atoms with Gasteiger partial charge in [0.25, 0.3) is 0 Å². The van der Waals surface area contributed by atoms with Crippen molar-refractivity contribution in [2.75, 3.05) is 6.61 Å². The Hall–Kier alpha value is -1.97. The monoisotopic (exact) mass is 412 g/mol. The van der Waals surface area contributed by atoms with Crippen LogP contribution in [0.4, 0.5) is 4.39 Å². The van der Waals surface area contributed by atoms with E-state index in [1.54, 1.807) is 18.2 Å². The fourth-order valence-corrected chi connectivity index (χ4v) is 4.53. The fourth-order valence-electron chi connectivity index (χ4n) is 4.53. The summed E-state index contributed by atoms with van der Waals surface area (Å²) in [5.41, 5.74) is 2.13. The van der Waals surface area contributed by atoms with E-state index in [0.29, 0.717) is 23.7 Å². The first-order valence-corrected chi connectivity index (χ1v) is 11.9. The molecule has 0 saturated heterocycles. The standard InChI is InChI=1S/C26H37FN2O/c1-3-5-6-7-20-8-10-21(11-9-20)12-13-22-14-15-23(24(27)19-22)25-16-17-26(29-28-25)30-18-4-2/h14-17,19-21H,3-13,18H2,1-2H3/t20-,21-. The number of aryl methyl sites for hydroxylation is 1. The third-order valence-electron chi connectivity index (χ3n) is 6.43. The Kier molecular flexibility index (Phi) is 9.10. The third-order valence-corrected chi connectivity index (χ3v) is 6.43. The van der Waals surface area contributed by atoms with Crippen LogP contribution in [0.25, 0.3) is 11.3 Å². The molecule has 1 aliphatic rings. The zero-order chi connectivity index (χ0) is 21.2. The third kappa shape index (κ3) is 6.78. The molecule has 30 heavy (non-hydrogen) atoms. The molecule has 1 heterocycles. The summed E-state index contributed by atoms with van der Waals surface area (Å²) in [5.74, 6) is 2.02. The fraction of sp³-hybridized carbons (Fsp3) is 0.615. The van der Waals surface area contributed by atoms with E-state index < -0.39 is 0 Å². The minimum Gasteiger partial charge on any atom is -0.477 e. The number of unbranched alkanes of at least 4 members (excludes halogenated alkanes) is 2. The highest BCUT2D eigenvalue weighted by molar-refractivity contribution is 5.60. The van der Waals surface area contributed by atoms with E-state index in [1.807, 2.05) is 19.1 Å². The molecule has 1 aromatic carbocycles. The lowest BCUT2D eigenvalue weighted by Crippen LogP contribution is -2.15. The van der Waals surface area contributed by atoms with Crippen LogP contribution < -0.4 is 4.74 Å². The van der Waals surface area contributed by atoms with Gasteiger partial charge >= 0.3 is 0 Å². The molecule has 0 bridgehead atoms. The maximum atomic E-state index is 14.7. The quantitative estimate of drug-likeness (QED) is 0.361. The van der Waals surface area contributed by atoms with Gasteiger partial charge < -0.3 is 4.74 Å². The second-order valence-electron chi connectivity index (χ2n) is 8.84. The lowest BCUT2D eigenvalue weighted by molar-refractivity contribution is 0.249. The van der Waals surface area contributed by atoms with Crippen molar-refractivity contribution in [2.24, 2.45) is 11.8 Å². The summed E-state index contributed by atoms with van der Waals surface area (Å²) in [6.45, 7) is 4.93. The first kappa shape index (κ1) is 22.7. The van der Waals surface area contributed by atoms with Crippen LogP contribution in [0.2, 0.25) is 0 Å². The maximum Gasteiger partial charge on any atom is 0.233 e. The van der Waals surface area contributed by atoms with Crippen LogP contribution >= 0.6 is 0 Å². The molecular weight excluding hydrogens is 375 g/mol. The molecule has 0 radical (unpaired) electrons. The number of nitrogens with zero attached hydrogens (tertiary/aromatic N) is 2. The molecule has 164 valence electrons. The predicted octanol–water partition coefficient (Wildman–Crippen LogP) is 7.39. The van der Waals surface area contributed by atoms with Crippen molar-refractivity contribution in [3.05, 3.63) is 41.7 Å². The molecular formula is C26H37FN2O. The summed E-state index contributed by atoms with van der Waals surface area (Å²) >= 11 is 0.